The van der Waals surface area contributed by atoms with Gasteiger partial charge < -0.3 is 9.72 Å². The Morgan fingerprint density at radius 3 is 2.43 bits per heavy atom. The second-order valence-corrected chi connectivity index (χ2v) is 10.1. The lowest BCUT2D eigenvalue weighted by molar-refractivity contribution is -0.188. The van der Waals surface area contributed by atoms with Crippen LogP contribution in [0.3, 0.4) is 0 Å². The van der Waals surface area contributed by atoms with Crippen LogP contribution in [0.1, 0.15) is 48.9 Å². The van der Waals surface area contributed by atoms with Gasteiger partial charge in [0.2, 0.25) is 0 Å². The number of benzene rings is 1. The molecule has 1 aliphatic rings. The Balaban J connectivity index is 1.91. The highest BCUT2D eigenvalue weighted by Gasteiger charge is 2.42. The number of H-pyrrole nitrogens is 1. The van der Waals surface area contributed by atoms with Crippen LogP contribution < -0.4 is 0 Å². The summed E-state index contributed by atoms with van der Waals surface area (Å²) in [6, 6.07) is 3.98. The van der Waals surface area contributed by atoms with Gasteiger partial charge in [0.25, 0.3) is 0 Å². The van der Waals surface area contributed by atoms with Crippen molar-refractivity contribution in [3.8, 4) is 0 Å². The van der Waals surface area contributed by atoms with E-state index in [0.29, 0.717) is 11.3 Å². The molecule has 1 aromatic carbocycles. The van der Waals surface area contributed by atoms with Crippen LogP contribution in [0.4, 0.5) is 17.6 Å². The molecule has 2 atom stereocenters. The van der Waals surface area contributed by atoms with E-state index in [9.17, 15) is 21.8 Å². The molecule has 1 saturated carbocycles. The largest absolute Gasteiger partial charge is 0.391 e. The fourth-order valence-corrected chi connectivity index (χ4v) is 4.76. The van der Waals surface area contributed by atoms with E-state index in [1.807, 2.05) is 0 Å². The van der Waals surface area contributed by atoms with Crippen molar-refractivity contribution >= 4 is 21.3 Å². The minimum atomic E-state index is -4.22. The molecule has 166 valence electrons. The fraction of sp³-hybridized carbons (Fsp3) is 0.526. The van der Waals surface area contributed by atoms with E-state index in [0.717, 1.165) is 0 Å². The van der Waals surface area contributed by atoms with Crippen molar-refractivity contribution in [3.05, 3.63) is 46.1 Å². The Morgan fingerprint density at radius 1 is 1.30 bits per heavy atom. The molecule has 2 aromatic rings. The van der Waals surface area contributed by atoms with Crippen molar-refractivity contribution in [3.63, 3.8) is 0 Å². The number of alkyl halides is 3. The van der Waals surface area contributed by atoms with Gasteiger partial charge in [-0.25, -0.2) is 18.4 Å². The number of ether oxygens (including phenoxy) is 1. The molecule has 0 saturated heterocycles. The van der Waals surface area contributed by atoms with Crippen molar-refractivity contribution in [2.24, 2.45) is 5.92 Å². The number of nitrogens with zero attached hydrogens (tertiary/aromatic N) is 1. The molecule has 0 spiro atoms. The fourth-order valence-electron chi connectivity index (χ4n) is 3.67. The molecule has 2 N–H and O–H groups in total. The maximum absolute atomic E-state index is 13.6. The molecule has 1 unspecified atom stereocenters. The Kier molecular flexibility index (Phi) is 6.50. The SMILES string of the molecule is Cc1[nH]c(C(OC2CCC(C(F)(F)F)CC2)c2ccc(F)c(Cl)c2)nc1[S@](C)(=N)=O. The van der Waals surface area contributed by atoms with Gasteiger partial charge in [-0.15, -0.1) is 0 Å². The number of hydrogen-bond donors (Lipinski definition) is 2. The summed E-state index contributed by atoms with van der Waals surface area (Å²) in [7, 11) is -3.11. The van der Waals surface area contributed by atoms with Crippen molar-refractivity contribution in [1.29, 1.82) is 4.78 Å². The van der Waals surface area contributed by atoms with Crippen LogP contribution in [-0.4, -0.2) is 32.7 Å². The molecule has 1 fully saturated rings. The summed E-state index contributed by atoms with van der Waals surface area (Å²) in [6.07, 6.45) is -3.99. The van der Waals surface area contributed by atoms with Gasteiger partial charge in [-0.3, -0.25) is 0 Å². The van der Waals surface area contributed by atoms with Gasteiger partial charge in [0.1, 0.15) is 17.7 Å². The number of hydrogen-bond acceptors (Lipinski definition) is 4. The molecule has 0 radical (unpaired) electrons. The summed E-state index contributed by atoms with van der Waals surface area (Å²) in [4.78, 5) is 7.22. The first-order chi connectivity index (χ1) is 13.9. The van der Waals surface area contributed by atoms with Gasteiger partial charge in [-0.2, -0.15) is 13.2 Å². The van der Waals surface area contributed by atoms with Crippen molar-refractivity contribution in [2.45, 2.75) is 56.0 Å². The van der Waals surface area contributed by atoms with Crippen LogP contribution in [0, 0.1) is 23.4 Å². The number of aromatic amines is 1. The molecule has 1 heterocycles. The summed E-state index contributed by atoms with van der Waals surface area (Å²) in [5.41, 5.74) is 0.877. The summed E-state index contributed by atoms with van der Waals surface area (Å²) in [5, 5.41) is -0.0646. The molecule has 0 aliphatic heterocycles. The van der Waals surface area contributed by atoms with E-state index >= 15 is 0 Å². The third-order valence-electron chi connectivity index (χ3n) is 5.19. The predicted octanol–water partition coefficient (Wildman–Crippen LogP) is 5.77. The van der Waals surface area contributed by atoms with Gasteiger partial charge in [-0.05, 0) is 50.3 Å². The highest BCUT2D eigenvalue weighted by atomic mass is 35.5. The highest BCUT2D eigenvalue weighted by Crippen LogP contribution is 2.40. The smallest absolute Gasteiger partial charge is 0.362 e. The van der Waals surface area contributed by atoms with Gasteiger partial charge >= 0.3 is 6.18 Å². The van der Waals surface area contributed by atoms with Gasteiger partial charge in [0.15, 0.2) is 5.03 Å². The molecule has 1 aromatic heterocycles. The number of aromatic nitrogens is 2. The average molecular weight is 468 g/mol. The molecule has 30 heavy (non-hydrogen) atoms. The topological polar surface area (TPSA) is 78.8 Å². The quantitative estimate of drug-likeness (QED) is 0.547. The van der Waals surface area contributed by atoms with E-state index in [2.05, 4.69) is 9.97 Å². The van der Waals surface area contributed by atoms with Crippen molar-refractivity contribution < 1.29 is 26.5 Å². The summed E-state index contributed by atoms with van der Waals surface area (Å²) >= 11 is 5.90. The van der Waals surface area contributed by atoms with Crippen molar-refractivity contribution in [1.82, 2.24) is 9.97 Å². The second kappa shape index (κ2) is 8.47. The Hall–Kier alpha value is -1.65. The van der Waals surface area contributed by atoms with Crippen LogP contribution in [0.15, 0.2) is 23.2 Å². The van der Waals surface area contributed by atoms with Gasteiger partial charge in [0.05, 0.1) is 26.8 Å². The molecular weight excluding hydrogens is 446 g/mol. The molecule has 0 amide bonds. The third kappa shape index (κ3) is 5.15. The predicted molar refractivity (Wildman–Crippen MR) is 105 cm³/mol. The van der Waals surface area contributed by atoms with Crippen LogP contribution in [0.25, 0.3) is 0 Å². The minimum Gasteiger partial charge on any atom is -0.362 e. The van der Waals surface area contributed by atoms with Gasteiger partial charge in [-0.1, -0.05) is 17.7 Å². The van der Waals surface area contributed by atoms with Crippen LogP contribution in [0.2, 0.25) is 5.02 Å². The number of aryl methyl sites for hydroxylation is 1. The zero-order valence-corrected chi connectivity index (χ0v) is 17.9. The van der Waals surface area contributed by atoms with Crippen LogP contribution in [0.5, 0.6) is 0 Å². The highest BCUT2D eigenvalue weighted by molar-refractivity contribution is 7.91. The molecule has 11 heteroatoms. The van der Waals surface area contributed by atoms with Crippen LogP contribution in [-0.2, 0) is 14.5 Å². The lowest BCUT2D eigenvalue weighted by Gasteiger charge is -2.32. The minimum absolute atomic E-state index is 0.0387. The third-order valence-corrected chi connectivity index (χ3v) is 6.61. The first-order valence-corrected chi connectivity index (χ1v) is 11.7. The molecule has 5 nitrogen and oxygen atoms in total. The van der Waals surface area contributed by atoms with E-state index in [4.69, 9.17) is 21.1 Å². The first kappa shape index (κ1) is 23.0. The maximum Gasteiger partial charge on any atom is 0.391 e. The zero-order chi connectivity index (χ0) is 22.3. The Bertz CT molecular complexity index is 1020. The molecule has 3 rings (SSSR count). The van der Waals surface area contributed by atoms with E-state index < -0.39 is 39.8 Å². The molecular formula is C19H22ClF4N3O2S. The monoisotopic (exact) mass is 467 g/mol. The average Bonchev–Trinajstić information content (AvgIpc) is 3.03. The Labute approximate surface area is 177 Å². The molecule has 1 aliphatic carbocycles. The van der Waals surface area contributed by atoms with E-state index in [-0.39, 0.29) is 41.6 Å². The standard InChI is InChI=1S/C19H22ClF4N3O2S/c1-10-18(30(2,25)28)27-17(26-10)16(11-3-8-15(21)14(20)9-11)29-13-6-4-12(5-7-13)19(22,23)24/h3,8-9,12-13,16,25H,4-7H2,1-2H3,(H,26,27)/t12?,13?,16?,30-/m1/s1. The normalized spacial score (nSPS) is 23.2. The first-order valence-electron chi connectivity index (χ1n) is 9.33. The molecule has 0 bridgehead atoms. The lowest BCUT2D eigenvalue weighted by Crippen LogP contribution is -2.31. The summed E-state index contributed by atoms with van der Waals surface area (Å²) in [5.74, 6) is -1.73. The second-order valence-electron chi connectivity index (χ2n) is 7.60. The lowest BCUT2D eigenvalue weighted by atomic mass is 9.87. The number of nitrogens with one attached hydrogen (secondary N) is 2. The number of rotatable bonds is 5. The Morgan fingerprint density at radius 2 is 1.93 bits per heavy atom. The maximum atomic E-state index is 13.6. The van der Waals surface area contributed by atoms with E-state index in [1.165, 1.54) is 24.5 Å². The van der Waals surface area contributed by atoms with E-state index in [1.54, 1.807) is 6.92 Å². The number of imidazole rings is 1. The number of halogens is 5. The summed E-state index contributed by atoms with van der Waals surface area (Å²) in [6.45, 7) is 1.62. The van der Waals surface area contributed by atoms with Crippen LogP contribution >= 0.6 is 11.6 Å². The van der Waals surface area contributed by atoms with Crippen molar-refractivity contribution in [2.75, 3.05) is 6.26 Å². The zero-order valence-electron chi connectivity index (χ0n) is 16.4. The van der Waals surface area contributed by atoms with Gasteiger partial charge in [0, 0.05) is 11.9 Å². The summed E-state index contributed by atoms with van der Waals surface area (Å²) < 4.78 is 78.6.